The third kappa shape index (κ3) is 2.82. The summed E-state index contributed by atoms with van der Waals surface area (Å²) in [5.74, 6) is 0. The van der Waals surface area contributed by atoms with Crippen LogP contribution in [0.5, 0.6) is 0 Å². The molecule has 0 saturated heterocycles. The lowest BCUT2D eigenvalue weighted by Crippen LogP contribution is -2.55. The zero-order chi connectivity index (χ0) is 14.7. The highest BCUT2D eigenvalue weighted by atomic mass is 32.2. The number of likely N-dealkylation sites (N-methyl/N-ethyl adjacent to an activating group) is 1. The van der Waals surface area contributed by atoms with Gasteiger partial charge in [-0.2, -0.15) is 4.31 Å². The summed E-state index contributed by atoms with van der Waals surface area (Å²) in [5.41, 5.74) is 5.32. The molecule has 1 aromatic rings. The third-order valence-electron chi connectivity index (χ3n) is 3.75. The molecule has 0 fully saturated rings. The summed E-state index contributed by atoms with van der Waals surface area (Å²) < 4.78 is 28.5. The van der Waals surface area contributed by atoms with E-state index in [2.05, 4.69) is 4.98 Å². The molecule has 0 bridgehead atoms. The predicted molar refractivity (Wildman–Crippen MR) is 75.1 cm³/mol. The van der Waals surface area contributed by atoms with Gasteiger partial charge in [-0.3, -0.25) is 0 Å². The van der Waals surface area contributed by atoms with Gasteiger partial charge >= 0.3 is 0 Å². The number of nitrogens with two attached hydrogens (primary N) is 1. The van der Waals surface area contributed by atoms with E-state index in [0.717, 1.165) is 0 Å². The van der Waals surface area contributed by atoms with Gasteiger partial charge in [0.2, 0.25) is 0 Å². The summed E-state index contributed by atoms with van der Waals surface area (Å²) in [4.78, 5) is 3.97. The van der Waals surface area contributed by atoms with E-state index in [4.69, 9.17) is 5.73 Å². The second kappa shape index (κ2) is 6.02. The first-order chi connectivity index (χ1) is 8.87. The quantitative estimate of drug-likeness (QED) is 0.810. The third-order valence-corrected chi connectivity index (χ3v) is 5.71. The van der Waals surface area contributed by atoms with Crippen molar-refractivity contribution < 1.29 is 8.42 Å². The van der Waals surface area contributed by atoms with Gasteiger partial charge in [-0.25, -0.2) is 13.4 Å². The molecule has 2 N–H and O–H groups in total. The Hall–Kier alpha value is -0.920. The Kier molecular flexibility index (Phi) is 5.11. The number of nitrogens with zero attached hydrogens (tertiary/aromatic N) is 3. The Morgan fingerprint density at radius 1 is 1.37 bits per heavy atom. The fourth-order valence-electron chi connectivity index (χ4n) is 2.39. The molecular formula is C12H24N4O2S. The lowest BCUT2D eigenvalue weighted by atomic mass is 9.93. The van der Waals surface area contributed by atoms with Crippen LogP contribution in [0.3, 0.4) is 0 Å². The Labute approximate surface area is 115 Å². The van der Waals surface area contributed by atoms with Gasteiger partial charge in [0.15, 0.2) is 5.03 Å². The van der Waals surface area contributed by atoms with E-state index in [-0.39, 0.29) is 5.03 Å². The molecule has 1 aromatic heterocycles. The highest BCUT2D eigenvalue weighted by Gasteiger charge is 2.40. The van der Waals surface area contributed by atoms with Gasteiger partial charge in [-0.05, 0) is 12.8 Å². The highest BCUT2D eigenvalue weighted by molar-refractivity contribution is 7.89. The van der Waals surface area contributed by atoms with Crippen molar-refractivity contribution in [3.8, 4) is 0 Å². The highest BCUT2D eigenvalue weighted by Crippen LogP contribution is 2.28. The predicted octanol–water partition coefficient (Wildman–Crippen LogP) is 0.948. The average Bonchev–Trinajstić information content (AvgIpc) is 2.83. The summed E-state index contributed by atoms with van der Waals surface area (Å²) in [5, 5.41) is 0.0802. The van der Waals surface area contributed by atoms with Crippen LogP contribution in [-0.2, 0) is 17.1 Å². The molecule has 0 atom stereocenters. The SMILES string of the molecule is CCN(C(CC)(CC)CN)S(=O)(=O)c1cn(C)cn1. The smallest absolute Gasteiger partial charge is 0.262 e. The number of hydrogen-bond acceptors (Lipinski definition) is 4. The first-order valence-electron chi connectivity index (χ1n) is 6.58. The zero-order valence-electron chi connectivity index (χ0n) is 12.1. The van der Waals surface area contributed by atoms with Crippen LogP contribution in [-0.4, -0.2) is 40.9 Å². The molecule has 0 spiro atoms. The molecule has 0 saturated carbocycles. The van der Waals surface area contributed by atoms with Gasteiger partial charge in [-0.1, -0.05) is 20.8 Å². The monoisotopic (exact) mass is 288 g/mol. The van der Waals surface area contributed by atoms with Gasteiger partial charge in [0.1, 0.15) is 0 Å². The van der Waals surface area contributed by atoms with Crippen molar-refractivity contribution in [1.82, 2.24) is 13.9 Å². The summed E-state index contributed by atoms with van der Waals surface area (Å²) in [6.07, 6.45) is 4.37. The lowest BCUT2D eigenvalue weighted by Gasteiger charge is -2.40. The maximum absolute atomic E-state index is 12.7. The molecule has 0 aliphatic heterocycles. The van der Waals surface area contributed by atoms with E-state index in [1.54, 1.807) is 11.6 Å². The second-order valence-electron chi connectivity index (χ2n) is 4.68. The molecule has 0 unspecified atom stereocenters. The van der Waals surface area contributed by atoms with E-state index in [1.807, 2.05) is 20.8 Å². The van der Waals surface area contributed by atoms with Gasteiger partial charge in [0.25, 0.3) is 10.0 Å². The Balaban J connectivity index is 3.29. The van der Waals surface area contributed by atoms with E-state index < -0.39 is 15.6 Å². The zero-order valence-corrected chi connectivity index (χ0v) is 12.9. The average molecular weight is 288 g/mol. The topological polar surface area (TPSA) is 81.2 Å². The van der Waals surface area contributed by atoms with Crippen molar-refractivity contribution in [3.63, 3.8) is 0 Å². The first-order valence-corrected chi connectivity index (χ1v) is 8.02. The number of rotatable bonds is 7. The lowest BCUT2D eigenvalue weighted by molar-refractivity contribution is 0.184. The molecule has 6 nitrogen and oxygen atoms in total. The number of aromatic nitrogens is 2. The molecule has 110 valence electrons. The van der Waals surface area contributed by atoms with Crippen molar-refractivity contribution in [2.75, 3.05) is 13.1 Å². The Morgan fingerprint density at radius 3 is 2.26 bits per heavy atom. The molecule has 0 aromatic carbocycles. The molecule has 0 aliphatic carbocycles. The van der Waals surface area contributed by atoms with Crippen LogP contribution in [0.15, 0.2) is 17.6 Å². The van der Waals surface area contributed by atoms with E-state index in [9.17, 15) is 8.42 Å². The standard InChI is InChI=1S/C12H24N4O2S/c1-5-12(6-2,9-13)16(7-3)19(17,18)11-8-15(4)10-14-11/h8,10H,5-7,9,13H2,1-4H3. The molecule has 0 amide bonds. The molecule has 19 heavy (non-hydrogen) atoms. The van der Waals surface area contributed by atoms with Crippen LogP contribution in [0.2, 0.25) is 0 Å². The van der Waals surface area contributed by atoms with Gasteiger partial charge in [0.05, 0.1) is 6.33 Å². The van der Waals surface area contributed by atoms with E-state index in [0.29, 0.717) is 25.9 Å². The summed E-state index contributed by atoms with van der Waals surface area (Å²) in [7, 11) is -1.85. The van der Waals surface area contributed by atoms with Crippen LogP contribution in [0.1, 0.15) is 33.6 Å². The maximum Gasteiger partial charge on any atom is 0.262 e. The summed E-state index contributed by atoms with van der Waals surface area (Å²) in [6.45, 7) is 6.45. The largest absolute Gasteiger partial charge is 0.339 e. The van der Waals surface area contributed by atoms with Gasteiger partial charge in [-0.15, -0.1) is 0 Å². The fourth-order valence-corrected chi connectivity index (χ4v) is 4.28. The molecule has 7 heteroatoms. The van der Waals surface area contributed by atoms with Gasteiger partial charge in [0, 0.05) is 31.9 Å². The molecule has 1 heterocycles. The minimum atomic E-state index is -3.60. The van der Waals surface area contributed by atoms with E-state index in [1.165, 1.54) is 16.8 Å². The number of imidazole rings is 1. The van der Waals surface area contributed by atoms with Crippen LogP contribution < -0.4 is 5.73 Å². The Morgan fingerprint density at radius 2 is 1.95 bits per heavy atom. The maximum atomic E-state index is 12.7. The van der Waals surface area contributed by atoms with Crippen molar-refractivity contribution in [1.29, 1.82) is 0 Å². The molecule has 0 aliphatic rings. The number of sulfonamides is 1. The summed E-state index contributed by atoms with van der Waals surface area (Å²) in [6, 6.07) is 0. The van der Waals surface area contributed by atoms with Crippen molar-refractivity contribution in [2.24, 2.45) is 12.8 Å². The molecular weight excluding hydrogens is 264 g/mol. The van der Waals surface area contributed by atoms with Gasteiger partial charge < -0.3 is 10.3 Å². The van der Waals surface area contributed by atoms with E-state index >= 15 is 0 Å². The fraction of sp³-hybridized carbons (Fsp3) is 0.750. The number of aryl methyl sites for hydroxylation is 1. The Bertz CT molecular complexity index is 497. The normalized spacial score (nSPS) is 13.2. The van der Waals surface area contributed by atoms with Crippen molar-refractivity contribution in [3.05, 3.63) is 12.5 Å². The van der Waals surface area contributed by atoms with Crippen LogP contribution in [0.4, 0.5) is 0 Å². The van der Waals surface area contributed by atoms with Crippen LogP contribution >= 0.6 is 0 Å². The minimum absolute atomic E-state index is 0.0802. The van der Waals surface area contributed by atoms with Crippen molar-refractivity contribution >= 4 is 10.0 Å². The summed E-state index contributed by atoms with van der Waals surface area (Å²) >= 11 is 0. The van der Waals surface area contributed by atoms with Crippen LogP contribution in [0.25, 0.3) is 0 Å². The molecule has 0 radical (unpaired) electrons. The molecule has 1 rings (SSSR count). The minimum Gasteiger partial charge on any atom is -0.339 e. The van der Waals surface area contributed by atoms with Crippen molar-refractivity contribution in [2.45, 2.75) is 44.2 Å². The second-order valence-corrected chi connectivity index (χ2v) is 6.49. The number of hydrogen-bond donors (Lipinski definition) is 1. The van der Waals surface area contributed by atoms with Crippen LogP contribution in [0, 0.1) is 0 Å². The first kappa shape index (κ1) is 16.1.